The largest absolute Gasteiger partial charge is 0.496 e. The van der Waals surface area contributed by atoms with Crippen LogP contribution in [0.5, 0.6) is 5.75 Å². The van der Waals surface area contributed by atoms with Crippen LogP contribution in [0, 0.1) is 9.49 Å². The van der Waals surface area contributed by atoms with Gasteiger partial charge in [-0.2, -0.15) is 5.10 Å². The van der Waals surface area contributed by atoms with Gasteiger partial charge in [-0.1, -0.05) is 13.8 Å². The number of carbonyl (C=O) groups is 1. The molecule has 1 aromatic carbocycles. The van der Waals surface area contributed by atoms with Crippen LogP contribution >= 0.6 is 22.6 Å². The molecule has 0 bridgehead atoms. The van der Waals surface area contributed by atoms with Crippen LogP contribution in [-0.2, 0) is 0 Å². The van der Waals surface area contributed by atoms with Crippen LogP contribution < -0.4 is 10.2 Å². The third kappa shape index (κ3) is 4.33. The van der Waals surface area contributed by atoms with E-state index in [0.717, 1.165) is 9.32 Å². The summed E-state index contributed by atoms with van der Waals surface area (Å²) in [7, 11) is 1.60. The number of hydrogen-bond donors (Lipinski definition) is 1. The first kappa shape index (κ1) is 14.0. The van der Waals surface area contributed by atoms with Crippen molar-refractivity contribution >= 4 is 34.7 Å². The summed E-state index contributed by atoms with van der Waals surface area (Å²) in [5.74, 6) is 0.849. The Morgan fingerprint density at radius 3 is 2.76 bits per heavy atom. The highest BCUT2D eigenvalue weighted by Crippen LogP contribution is 2.21. The predicted octanol–water partition coefficient (Wildman–Crippen LogP) is 2.67. The Hall–Kier alpha value is -1.11. The van der Waals surface area contributed by atoms with Crippen molar-refractivity contribution in [1.29, 1.82) is 0 Å². The van der Waals surface area contributed by atoms with E-state index >= 15 is 0 Å². The van der Waals surface area contributed by atoms with Crippen LogP contribution in [0.2, 0.25) is 0 Å². The number of carbonyl (C=O) groups excluding carboxylic acids is 1. The zero-order valence-corrected chi connectivity index (χ0v) is 12.2. The highest BCUT2D eigenvalue weighted by Gasteiger charge is 2.07. The Morgan fingerprint density at radius 1 is 1.53 bits per heavy atom. The Labute approximate surface area is 115 Å². The van der Waals surface area contributed by atoms with Crippen LogP contribution in [0.3, 0.4) is 0 Å². The van der Waals surface area contributed by atoms with Gasteiger partial charge in [0.1, 0.15) is 5.75 Å². The van der Waals surface area contributed by atoms with Gasteiger partial charge in [-0.3, -0.25) is 4.79 Å². The summed E-state index contributed by atoms with van der Waals surface area (Å²) >= 11 is 2.12. The van der Waals surface area contributed by atoms with Gasteiger partial charge in [0.05, 0.1) is 10.7 Å². The SMILES string of the molecule is COc1ccc(C(=O)N/N=C/C(C)C)cc1I. The van der Waals surface area contributed by atoms with Crippen LogP contribution in [0.25, 0.3) is 0 Å². The zero-order chi connectivity index (χ0) is 12.8. The molecule has 1 amide bonds. The smallest absolute Gasteiger partial charge is 0.271 e. The summed E-state index contributed by atoms with van der Waals surface area (Å²) in [5, 5.41) is 3.86. The Bertz CT molecular complexity index is 431. The van der Waals surface area contributed by atoms with Gasteiger partial charge in [0.2, 0.25) is 0 Å². The van der Waals surface area contributed by atoms with Crippen LogP contribution in [0.4, 0.5) is 0 Å². The molecule has 0 heterocycles. The molecule has 0 aromatic heterocycles. The second-order valence-electron chi connectivity index (χ2n) is 3.81. The maximum atomic E-state index is 11.7. The van der Waals surface area contributed by atoms with Gasteiger partial charge in [0, 0.05) is 11.8 Å². The number of amides is 1. The molecule has 0 aliphatic heterocycles. The van der Waals surface area contributed by atoms with Gasteiger partial charge >= 0.3 is 0 Å². The molecule has 0 atom stereocenters. The first-order valence-corrected chi connectivity index (χ1v) is 6.29. The highest BCUT2D eigenvalue weighted by molar-refractivity contribution is 14.1. The minimum absolute atomic E-state index is 0.220. The molecule has 0 saturated heterocycles. The maximum absolute atomic E-state index is 11.7. The third-order valence-corrected chi connectivity index (χ3v) is 2.80. The molecule has 4 nitrogen and oxygen atoms in total. The van der Waals surface area contributed by atoms with E-state index in [4.69, 9.17) is 4.74 Å². The van der Waals surface area contributed by atoms with Crippen molar-refractivity contribution in [2.45, 2.75) is 13.8 Å². The van der Waals surface area contributed by atoms with E-state index < -0.39 is 0 Å². The minimum Gasteiger partial charge on any atom is -0.496 e. The molecular weight excluding hydrogens is 331 g/mol. The maximum Gasteiger partial charge on any atom is 0.271 e. The van der Waals surface area contributed by atoms with Crippen molar-refractivity contribution in [2.75, 3.05) is 7.11 Å². The van der Waals surface area contributed by atoms with Crippen molar-refractivity contribution in [2.24, 2.45) is 11.0 Å². The second-order valence-corrected chi connectivity index (χ2v) is 4.97. The third-order valence-electron chi connectivity index (χ3n) is 1.95. The first-order chi connectivity index (χ1) is 8.04. The summed E-state index contributed by atoms with van der Waals surface area (Å²) in [4.78, 5) is 11.7. The van der Waals surface area contributed by atoms with Gasteiger partial charge in [0.15, 0.2) is 0 Å². The fraction of sp³-hybridized carbons (Fsp3) is 0.333. The lowest BCUT2D eigenvalue weighted by molar-refractivity contribution is 0.0955. The number of nitrogens with zero attached hydrogens (tertiary/aromatic N) is 1. The number of rotatable bonds is 4. The number of ether oxygens (including phenoxy) is 1. The molecule has 5 heteroatoms. The molecule has 0 unspecified atom stereocenters. The molecule has 0 radical (unpaired) electrons. The quantitative estimate of drug-likeness (QED) is 0.518. The fourth-order valence-corrected chi connectivity index (χ4v) is 1.85. The first-order valence-electron chi connectivity index (χ1n) is 5.21. The molecule has 0 aliphatic rings. The molecule has 1 aromatic rings. The Balaban J connectivity index is 2.73. The number of nitrogens with one attached hydrogen (secondary N) is 1. The summed E-state index contributed by atoms with van der Waals surface area (Å²) in [6, 6.07) is 5.24. The Morgan fingerprint density at radius 2 is 2.24 bits per heavy atom. The van der Waals surface area contributed by atoms with E-state index in [1.807, 2.05) is 13.8 Å². The molecule has 0 fully saturated rings. The van der Waals surface area contributed by atoms with Crippen molar-refractivity contribution in [3.63, 3.8) is 0 Å². The van der Waals surface area contributed by atoms with E-state index in [2.05, 4.69) is 33.1 Å². The van der Waals surface area contributed by atoms with Crippen molar-refractivity contribution in [1.82, 2.24) is 5.43 Å². The zero-order valence-electron chi connectivity index (χ0n) is 10.0. The standard InChI is InChI=1S/C12H15IN2O2/c1-8(2)7-14-15-12(16)9-4-5-11(17-3)10(13)6-9/h4-8H,1-3H3,(H,15,16)/b14-7+. The van der Waals surface area contributed by atoms with Crippen molar-refractivity contribution in [3.8, 4) is 5.75 Å². The molecule has 1 rings (SSSR count). The number of hydrogen-bond acceptors (Lipinski definition) is 3. The summed E-state index contributed by atoms with van der Waals surface area (Å²) < 4.78 is 6.02. The van der Waals surface area contributed by atoms with E-state index in [1.165, 1.54) is 0 Å². The van der Waals surface area contributed by atoms with Gasteiger partial charge in [-0.15, -0.1) is 0 Å². The van der Waals surface area contributed by atoms with Crippen LogP contribution in [0.1, 0.15) is 24.2 Å². The van der Waals surface area contributed by atoms with E-state index in [-0.39, 0.29) is 5.91 Å². The molecule has 0 aliphatic carbocycles. The lowest BCUT2D eigenvalue weighted by Gasteiger charge is -2.05. The monoisotopic (exact) mass is 346 g/mol. The molecule has 1 N–H and O–H groups in total. The molecule has 0 spiro atoms. The Kier molecular flexibility index (Phi) is 5.40. The van der Waals surface area contributed by atoms with Crippen molar-refractivity contribution in [3.05, 3.63) is 27.3 Å². The number of benzene rings is 1. The van der Waals surface area contributed by atoms with Gasteiger partial charge in [-0.05, 0) is 46.7 Å². The average Bonchev–Trinajstić information content (AvgIpc) is 2.28. The number of methoxy groups -OCH3 is 1. The normalized spacial score (nSPS) is 10.9. The fourth-order valence-electron chi connectivity index (χ4n) is 1.12. The van der Waals surface area contributed by atoms with Crippen molar-refractivity contribution < 1.29 is 9.53 Å². The second kappa shape index (κ2) is 6.58. The van der Waals surface area contributed by atoms with E-state index in [0.29, 0.717) is 11.5 Å². The lowest BCUT2D eigenvalue weighted by atomic mass is 10.2. The van der Waals surface area contributed by atoms with Crippen LogP contribution in [-0.4, -0.2) is 19.2 Å². The van der Waals surface area contributed by atoms with Gasteiger partial charge < -0.3 is 4.74 Å². The average molecular weight is 346 g/mol. The van der Waals surface area contributed by atoms with Gasteiger partial charge in [0.25, 0.3) is 5.91 Å². The lowest BCUT2D eigenvalue weighted by Crippen LogP contribution is -2.18. The molecule has 92 valence electrons. The van der Waals surface area contributed by atoms with Crippen LogP contribution in [0.15, 0.2) is 23.3 Å². The summed E-state index contributed by atoms with van der Waals surface area (Å²) in [5.41, 5.74) is 3.05. The van der Waals surface area contributed by atoms with E-state index in [1.54, 1.807) is 31.5 Å². The highest BCUT2D eigenvalue weighted by atomic mass is 127. The predicted molar refractivity (Wildman–Crippen MR) is 76.5 cm³/mol. The summed E-state index contributed by atoms with van der Waals surface area (Å²) in [6.07, 6.45) is 1.69. The van der Waals surface area contributed by atoms with Gasteiger partial charge in [-0.25, -0.2) is 5.43 Å². The topological polar surface area (TPSA) is 50.7 Å². The minimum atomic E-state index is -0.220. The molecular formula is C12H15IN2O2. The molecule has 0 saturated carbocycles. The molecule has 17 heavy (non-hydrogen) atoms. The number of hydrazone groups is 1. The summed E-state index contributed by atoms with van der Waals surface area (Å²) in [6.45, 7) is 3.98. The number of halogens is 1. The van der Waals surface area contributed by atoms with E-state index in [9.17, 15) is 4.79 Å².